The van der Waals surface area contributed by atoms with Gasteiger partial charge in [-0.1, -0.05) is 30.3 Å². The molecule has 2 aromatic heterocycles. The number of fused-ring (bicyclic) bond motifs is 2. The quantitative estimate of drug-likeness (QED) is 0.502. The number of hydrogen-bond donors (Lipinski definition) is 0. The van der Waals surface area contributed by atoms with Crippen molar-refractivity contribution in [1.82, 2.24) is 9.61 Å². The Bertz CT molecular complexity index is 1090. The molecule has 2 aromatic carbocycles. The molecule has 0 radical (unpaired) electrons. The third kappa shape index (κ3) is 1.41. The van der Waals surface area contributed by atoms with Gasteiger partial charge in [0.15, 0.2) is 5.78 Å². The summed E-state index contributed by atoms with van der Waals surface area (Å²) < 4.78 is 1.36. The zero-order valence-electron chi connectivity index (χ0n) is 11.7. The van der Waals surface area contributed by atoms with E-state index >= 15 is 0 Å². The van der Waals surface area contributed by atoms with Crippen LogP contribution in [0.4, 0.5) is 0 Å². The fraction of sp³-hybridized carbons (Fsp3) is 0.118. The molecule has 0 unspecified atom stereocenters. The average Bonchev–Trinajstić information content (AvgIpc) is 2.82. The van der Waals surface area contributed by atoms with E-state index in [0.29, 0.717) is 22.2 Å². The fourth-order valence-electron chi connectivity index (χ4n) is 3.18. The van der Waals surface area contributed by atoms with Gasteiger partial charge in [-0.05, 0) is 25.3 Å². The number of hydrogen-bond acceptors (Lipinski definition) is 3. The van der Waals surface area contributed by atoms with E-state index < -0.39 is 0 Å². The molecule has 0 saturated carbocycles. The van der Waals surface area contributed by atoms with Crippen LogP contribution in [0, 0.1) is 6.92 Å². The maximum Gasteiger partial charge on any atom is 0.279 e. The first-order valence-electron chi connectivity index (χ1n) is 6.77. The Kier molecular flexibility index (Phi) is 2.22. The van der Waals surface area contributed by atoms with Gasteiger partial charge in [-0.25, -0.2) is 0 Å². The molecule has 0 bridgehead atoms. The van der Waals surface area contributed by atoms with E-state index in [4.69, 9.17) is 0 Å². The van der Waals surface area contributed by atoms with Crippen LogP contribution in [0.5, 0.6) is 0 Å². The topological polar surface area (TPSA) is 51.4 Å². The molecule has 2 heterocycles. The lowest BCUT2D eigenvalue weighted by Gasteiger charge is -2.07. The van der Waals surface area contributed by atoms with Crippen LogP contribution < -0.4 is 5.56 Å². The standard InChI is InChI=1S/C17H12N2O2/c1-9-14(10(2)20)16-12-7-3-5-11-6-4-8-13(15(11)12)17(21)19(16)18-9/h3-8H,1-2H3. The van der Waals surface area contributed by atoms with Crippen LogP contribution in [-0.4, -0.2) is 15.4 Å². The predicted octanol–water partition coefficient (Wildman–Crippen LogP) is 2.95. The molecule has 4 rings (SSSR count). The molecule has 0 atom stereocenters. The molecule has 4 heteroatoms. The first-order chi connectivity index (χ1) is 10.1. The van der Waals surface area contributed by atoms with Gasteiger partial charge in [0.05, 0.1) is 22.2 Å². The molecular formula is C17H12N2O2. The number of rotatable bonds is 1. The largest absolute Gasteiger partial charge is 0.294 e. The van der Waals surface area contributed by atoms with Crippen molar-refractivity contribution >= 4 is 32.8 Å². The van der Waals surface area contributed by atoms with Crippen molar-refractivity contribution < 1.29 is 4.79 Å². The van der Waals surface area contributed by atoms with Crippen LogP contribution in [0.25, 0.3) is 27.1 Å². The fourth-order valence-corrected chi connectivity index (χ4v) is 3.18. The van der Waals surface area contributed by atoms with E-state index in [1.54, 1.807) is 6.92 Å². The number of Topliss-reactive ketones (excluding diaryl/α,β-unsaturated/α-hetero) is 1. The molecule has 0 aliphatic rings. The Hall–Kier alpha value is -2.75. The first kappa shape index (κ1) is 12.0. The molecule has 0 spiro atoms. The van der Waals surface area contributed by atoms with E-state index in [2.05, 4.69) is 5.10 Å². The van der Waals surface area contributed by atoms with Crippen molar-refractivity contribution in [3.8, 4) is 0 Å². The molecule has 0 aliphatic carbocycles. The monoisotopic (exact) mass is 276 g/mol. The Morgan fingerprint density at radius 2 is 1.76 bits per heavy atom. The lowest BCUT2D eigenvalue weighted by Crippen LogP contribution is -2.14. The van der Waals surface area contributed by atoms with Crippen LogP contribution in [-0.2, 0) is 0 Å². The molecule has 102 valence electrons. The Balaban J connectivity index is 2.47. The summed E-state index contributed by atoms with van der Waals surface area (Å²) in [4.78, 5) is 24.6. The Morgan fingerprint density at radius 1 is 1.10 bits per heavy atom. The summed E-state index contributed by atoms with van der Waals surface area (Å²) in [7, 11) is 0. The second-order valence-electron chi connectivity index (χ2n) is 5.29. The molecule has 0 amide bonds. The van der Waals surface area contributed by atoms with Crippen molar-refractivity contribution in [1.29, 1.82) is 0 Å². The van der Waals surface area contributed by atoms with Gasteiger partial charge in [0.2, 0.25) is 0 Å². The minimum Gasteiger partial charge on any atom is -0.294 e. The van der Waals surface area contributed by atoms with Crippen molar-refractivity contribution in [2.75, 3.05) is 0 Å². The number of benzene rings is 2. The lowest BCUT2D eigenvalue weighted by atomic mass is 9.99. The molecular weight excluding hydrogens is 264 g/mol. The number of nitrogens with zero attached hydrogens (tertiary/aromatic N) is 2. The molecule has 0 aliphatic heterocycles. The molecule has 21 heavy (non-hydrogen) atoms. The smallest absolute Gasteiger partial charge is 0.279 e. The molecule has 4 nitrogen and oxygen atoms in total. The van der Waals surface area contributed by atoms with Crippen molar-refractivity contribution in [2.24, 2.45) is 0 Å². The lowest BCUT2D eigenvalue weighted by molar-refractivity contribution is 0.101. The summed E-state index contributed by atoms with van der Waals surface area (Å²) in [6, 6.07) is 11.5. The van der Waals surface area contributed by atoms with Crippen molar-refractivity contribution in [3.63, 3.8) is 0 Å². The van der Waals surface area contributed by atoms with Gasteiger partial charge < -0.3 is 0 Å². The third-order valence-electron chi connectivity index (χ3n) is 4.00. The maximum atomic E-state index is 12.7. The van der Waals surface area contributed by atoms with E-state index in [0.717, 1.165) is 16.2 Å². The summed E-state index contributed by atoms with van der Waals surface area (Å²) in [5.41, 5.74) is 1.57. The summed E-state index contributed by atoms with van der Waals surface area (Å²) in [6.45, 7) is 3.27. The van der Waals surface area contributed by atoms with Crippen LogP contribution in [0.15, 0.2) is 41.2 Å². The normalized spacial score (nSPS) is 11.7. The second-order valence-corrected chi connectivity index (χ2v) is 5.29. The predicted molar refractivity (Wildman–Crippen MR) is 82.4 cm³/mol. The van der Waals surface area contributed by atoms with Crippen LogP contribution in [0.3, 0.4) is 0 Å². The highest BCUT2D eigenvalue weighted by atomic mass is 16.1. The Morgan fingerprint density at radius 3 is 2.43 bits per heavy atom. The van der Waals surface area contributed by atoms with Gasteiger partial charge >= 0.3 is 0 Å². The van der Waals surface area contributed by atoms with Crippen molar-refractivity contribution in [3.05, 3.63) is 58.0 Å². The van der Waals surface area contributed by atoms with Crippen molar-refractivity contribution in [2.45, 2.75) is 13.8 Å². The highest BCUT2D eigenvalue weighted by molar-refractivity contribution is 6.19. The summed E-state index contributed by atoms with van der Waals surface area (Å²) in [5.74, 6) is -0.0714. The summed E-state index contributed by atoms with van der Waals surface area (Å²) in [6.07, 6.45) is 0. The number of ketones is 1. The first-order valence-corrected chi connectivity index (χ1v) is 6.77. The van der Waals surface area contributed by atoms with Gasteiger partial charge in [0.1, 0.15) is 0 Å². The summed E-state index contributed by atoms with van der Waals surface area (Å²) in [5, 5.41) is 7.72. The maximum absolute atomic E-state index is 12.7. The van der Waals surface area contributed by atoms with E-state index in [-0.39, 0.29) is 11.3 Å². The highest BCUT2D eigenvalue weighted by Gasteiger charge is 2.20. The number of carbonyl (C=O) groups excluding carboxylic acids is 1. The number of aromatic nitrogens is 2. The van der Waals surface area contributed by atoms with Gasteiger partial charge in [0.25, 0.3) is 5.56 Å². The van der Waals surface area contributed by atoms with Gasteiger partial charge in [-0.15, -0.1) is 0 Å². The van der Waals surface area contributed by atoms with E-state index in [1.165, 1.54) is 11.4 Å². The zero-order chi connectivity index (χ0) is 14.7. The van der Waals surface area contributed by atoms with Gasteiger partial charge in [-0.2, -0.15) is 9.61 Å². The highest BCUT2D eigenvalue weighted by Crippen LogP contribution is 2.30. The number of pyridine rings is 1. The number of carbonyl (C=O) groups is 1. The average molecular weight is 276 g/mol. The minimum atomic E-state index is -0.176. The van der Waals surface area contributed by atoms with E-state index in [1.807, 2.05) is 36.4 Å². The molecule has 0 fully saturated rings. The summed E-state index contributed by atoms with van der Waals surface area (Å²) >= 11 is 0. The van der Waals surface area contributed by atoms with Gasteiger partial charge in [0, 0.05) is 10.8 Å². The third-order valence-corrected chi connectivity index (χ3v) is 4.00. The van der Waals surface area contributed by atoms with Crippen LogP contribution in [0.2, 0.25) is 0 Å². The second kappa shape index (κ2) is 3.88. The van der Waals surface area contributed by atoms with Gasteiger partial charge in [-0.3, -0.25) is 9.59 Å². The van der Waals surface area contributed by atoms with E-state index in [9.17, 15) is 9.59 Å². The van der Waals surface area contributed by atoms with Crippen LogP contribution >= 0.6 is 0 Å². The molecule has 4 aromatic rings. The minimum absolute atomic E-state index is 0.0714. The Labute approximate surface area is 120 Å². The number of aryl methyl sites for hydroxylation is 1. The zero-order valence-corrected chi connectivity index (χ0v) is 11.7. The molecule has 0 saturated heterocycles. The SMILES string of the molecule is CC(=O)c1c(C)nn2c(=O)c3cccc4cccc(c43)c12. The van der Waals surface area contributed by atoms with Crippen LogP contribution in [0.1, 0.15) is 23.0 Å². The molecule has 0 N–H and O–H groups in total.